The summed E-state index contributed by atoms with van der Waals surface area (Å²) in [5.41, 5.74) is 2.04. The Morgan fingerprint density at radius 2 is 1.77 bits per heavy atom. The maximum atomic E-state index is 13.3. The van der Waals surface area contributed by atoms with Crippen LogP contribution >= 0.6 is 0 Å². The Balaban J connectivity index is 1.62. The highest BCUT2D eigenvalue weighted by molar-refractivity contribution is 5.77. The number of hydrogen-bond donors (Lipinski definition) is 0. The molecule has 0 N–H and O–H groups in total. The Morgan fingerprint density at radius 3 is 2.45 bits per heavy atom. The van der Waals surface area contributed by atoms with Crippen molar-refractivity contribution in [1.29, 1.82) is 0 Å². The number of amides is 1. The van der Waals surface area contributed by atoms with Gasteiger partial charge in [-0.2, -0.15) is 0 Å². The minimum atomic E-state index is -0.245. The van der Waals surface area contributed by atoms with Crippen LogP contribution < -0.4 is 0 Å². The molecule has 0 heterocycles. The third kappa shape index (κ3) is 3.94. The molecule has 0 atom stereocenters. The number of carbonyl (C=O) groups is 1. The second kappa shape index (κ2) is 6.73. The molecule has 2 nitrogen and oxygen atoms in total. The van der Waals surface area contributed by atoms with Crippen LogP contribution in [0.5, 0.6) is 0 Å². The van der Waals surface area contributed by atoms with Gasteiger partial charge in [0.15, 0.2) is 0 Å². The van der Waals surface area contributed by atoms with E-state index in [2.05, 4.69) is 0 Å². The number of carbonyl (C=O) groups excluding carboxylic acids is 1. The number of rotatable bonds is 6. The highest BCUT2D eigenvalue weighted by Gasteiger charge is 2.32. The summed E-state index contributed by atoms with van der Waals surface area (Å²) >= 11 is 0. The van der Waals surface area contributed by atoms with Crippen LogP contribution in [0.25, 0.3) is 0 Å². The molecule has 0 aromatic heterocycles. The van der Waals surface area contributed by atoms with Crippen molar-refractivity contribution in [3.63, 3.8) is 0 Å². The molecular formula is C19H20FNO. The van der Waals surface area contributed by atoms with E-state index >= 15 is 0 Å². The zero-order valence-corrected chi connectivity index (χ0v) is 12.5. The van der Waals surface area contributed by atoms with Crippen LogP contribution in [0.1, 0.15) is 30.4 Å². The fourth-order valence-electron chi connectivity index (χ4n) is 2.68. The highest BCUT2D eigenvalue weighted by Crippen LogP contribution is 2.29. The predicted octanol–water partition coefficient (Wildman–Crippen LogP) is 3.95. The Hall–Kier alpha value is -2.16. The molecule has 0 aliphatic heterocycles. The molecule has 1 saturated carbocycles. The largest absolute Gasteiger partial charge is 0.335 e. The molecule has 1 fully saturated rings. The van der Waals surface area contributed by atoms with Crippen LogP contribution in [0.3, 0.4) is 0 Å². The van der Waals surface area contributed by atoms with Gasteiger partial charge in [-0.05, 0) is 42.5 Å². The van der Waals surface area contributed by atoms with Crippen LogP contribution in [0, 0.1) is 5.82 Å². The van der Waals surface area contributed by atoms with E-state index in [1.54, 1.807) is 6.07 Å². The van der Waals surface area contributed by atoms with Gasteiger partial charge in [0.2, 0.25) is 5.91 Å². The molecule has 1 aliphatic carbocycles. The van der Waals surface area contributed by atoms with E-state index in [0.717, 1.165) is 24.8 Å². The molecule has 0 bridgehead atoms. The van der Waals surface area contributed by atoms with E-state index in [1.807, 2.05) is 41.3 Å². The maximum Gasteiger partial charge on any atom is 0.223 e. The lowest BCUT2D eigenvalue weighted by atomic mass is 10.1. The topological polar surface area (TPSA) is 20.3 Å². The van der Waals surface area contributed by atoms with Gasteiger partial charge in [-0.1, -0.05) is 42.5 Å². The van der Waals surface area contributed by atoms with Gasteiger partial charge in [0.05, 0.1) is 0 Å². The Morgan fingerprint density at radius 1 is 1.05 bits per heavy atom. The quantitative estimate of drug-likeness (QED) is 0.790. The van der Waals surface area contributed by atoms with E-state index in [9.17, 15) is 9.18 Å². The first-order valence-electron chi connectivity index (χ1n) is 7.80. The van der Waals surface area contributed by atoms with E-state index in [-0.39, 0.29) is 11.7 Å². The lowest BCUT2D eigenvalue weighted by Gasteiger charge is -2.22. The third-order valence-corrected chi connectivity index (χ3v) is 4.02. The normalized spacial score (nSPS) is 13.9. The van der Waals surface area contributed by atoms with Gasteiger partial charge in [0, 0.05) is 19.0 Å². The molecule has 1 aliphatic rings. The lowest BCUT2D eigenvalue weighted by molar-refractivity contribution is -0.132. The van der Waals surface area contributed by atoms with Gasteiger partial charge in [-0.15, -0.1) is 0 Å². The number of nitrogens with zero attached hydrogens (tertiary/aromatic N) is 1. The predicted molar refractivity (Wildman–Crippen MR) is 84.7 cm³/mol. The van der Waals surface area contributed by atoms with E-state index in [4.69, 9.17) is 0 Å². The number of benzene rings is 2. The van der Waals surface area contributed by atoms with Crippen molar-refractivity contribution in [3.05, 3.63) is 71.5 Å². The SMILES string of the molecule is O=C(CCc1ccccc1)N(Cc1cccc(F)c1)C1CC1. The summed E-state index contributed by atoms with van der Waals surface area (Å²) in [6.45, 7) is 0.510. The zero-order valence-electron chi connectivity index (χ0n) is 12.5. The minimum absolute atomic E-state index is 0.163. The molecule has 1 amide bonds. The van der Waals surface area contributed by atoms with Crippen molar-refractivity contribution in [2.45, 2.75) is 38.3 Å². The second-order valence-corrected chi connectivity index (χ2v) is 5.87. The van der Waals surface area contributed by atoms with Gasteiger partial charge in [0.1, 0.15) is 5.82 Å². The summed E-state index contributed by atoms with van der Waals surface area (Å²) in [6, 6.07) is 16.9. The van der Waals surface area contributed by atoms with Crippen molar-refractivity contribution in [2.75, 3.05) is 0 Å². The number of hydrogen-bond acceptors (Lipinski definition) is 1. The average Bonchev–Trinajstić information content (AvgIpc) is 3.36. The molecule has 0 unspecified atom stereocenters. The van der Waals surface area contributed by atoms with Crippen LogP contribution in [-0.2, 0) is 17.8 Å². The molecule has 0 spiro atoms. The first kappa shape index (κ1) is 14.8. The van der Waals surface area contributed by atoms with Crippen molar-refractivity contribution in [3.8, 4) is 0 Å². The summed E-state index contributed by atoms with van der Waals surface area (Å²) in [4.78, 5) is 14.4. The minimum Gasteiger partial charge on any atom is -0.335 e. The summed E-state index contributed by atoms with van der Waals surface area (Å²) in [5.74, 6) is -0.0828. The first-order chi connectivity index (χ1) is 10.7. The molecule has 3 rings (SSSR count). The summed E-state index contributed by atoms with van der Waals surface area (Å²) < 4.78 is 13.3. The van der Waals surface area contributed by atoms with Crippen LogP contribution in [0.2, 0.25) is 0 Å². The second-order valence-electron chi connectivity index (χ2n) is 5.87. The van der Waals surface area contributed by atoms with Gasteiger partial charge >= 0.3 is 0 Å². The van der Waals surface area contributed by atoms with Crippen LogP contribution in [-0.4, -0.2) is 16.8 Å². The Labute approximate surface area is 130 Å². The summed E-state index contributed by atoms with van der Waals surface area (Å²) in [7, 11) is 0. The molecule has 3 heteroatoms. The van der Waals surface area contributed by atoms with E-state index in [1.165, 1.54) is 17.7 Å². The van der Waals surface area contributed by atoms with Gasteiger partial charge < -0.3 is 4.90 Å². The molecule has 22 heavy (non-hydrogen) atoms. The molecule has 0 saturated heterocycles. The smallest absolute Gasteiger partial charge is 0.223 e. The van der Waals surface area contributed by atoms with Crippen molar-refractivity contribution in [1.82, 2.24) is 4.90 Å². The fourth-order valence-corrected chi connectivity index (χ4v) is 2.68. The van der Waals surface area contributed by atoms with E-state index < -0.39 is 0 Å². The molecule has 0 radical (unpaired) electrons. The lowest BCUT2D eigenvalue weighted by Crippen LogP contribution is -2.32. The monoisotopic (exact) mass is 297 g/mol. The summed E-state index contributed by atoms with van der Waals surface area (Å²) in [5, 5.41) is 0. The highest BCUT2D eigenvalue weighted by atomic mass is 19.1. The van der Waals surface area contributed by atoms with Crippen molar-refractivity contribution < 1.29 is 9.18 Å². The molecule has 114 valence electrons. The van der Waals surface area contributed by atoms with Gasteiger partial charge in [0.25, 0.3) is 0 Å². The van der Waals surface area contributed by atoms with Crippen LogP contribution in [0.15, 0.2) is 54.6 Å². The van der Waals surface area contributed by atoms with Crippen molar-refractivity contribution >= 4 is 5.91 Å². The standard InChI is InChI=1S/C19H20FNO/c20-17-8-4-7-16(13-17)14-21(18-10-11-18)19(22)12-9-15-5-2-1-3-6-15/h1-8,13,18H,9-12,14H2. The number of aryl methyl sites for hydroxylation is 1. The van der Waals surface area contributed by atoms with Crippen molar-refractivity contribution in [2.24, 2.45) is 0 Å². The third-order valence-electron chi connectivity index (χ3n) is 4.02. The molecule has 2 aromatic rings. The molecular weight excluding hydrogens is 277 g/mol. The number of halogens is 1. The fraction of sp³-hybridized carbons (Fsp3) is 0.316. The first-order valence-corrected chi connectivity index (χ1v) is 7.80. The summed E-state index contributed by atoms with van der Waals surface area (Å²) in [6.07, 6.45) is 3.39. The van der Waals surface area contributed by atoms with Crippen LogP contribution in [0.4, 0.5) is 4.39 Å². The van der Waals surface area contributed by atoms with Gasteiger partial charge in [-0.3, -0.25) is 4.79 Å². The average molecular weight is 297 g/mol. The zero-order chi connectivity index (χ0) is 15.4. The maximum absolute atomic E-state index is 13.3. The van der Waals surface area contributed by atoms with Gasteiger partial charge in [-0.25, -0.2) is 4.39 Å². The van der Waals surface area contributed by atoms with E-state index in [0.29, 0.717) is 19.0 Å². The Kier molecular flexibility index (Phi) is 4.52. The Bertz CT molecular complexity index is 637. The molecule has 2 aromatic carbocycles.